The van der Waals surface area contributed by atoms with Crippen LogP contribution in [0.5, 0.6) is 0 Å². The Labute approximate surface area is 243 Å². The molecule has 0 unspecified atom stereocenters. The van der Waals surface area contributed by atoms with Gasteiger partial charge in [-0.3, -0.25) is 4.90 Å². The predicted molar refractivity (Wildman–Crippen MR) is 175 cm³/mol. The van der Waals surface area contributed by atoms with Crippen LogP contribution in [0.4, 0.5) is 17.2 Å². The molecule has 8 rings (SSSR count). The van der Waals surface area contributed by atoms with Gasteiger partial charge in [-0.05, 0) is 63.9 Å². The third kappa shape index (κ3) is 4.20. The van der Waals surface area contributed by atoms with Gasteiger partial charge >= 0.3 is 0 Å². The molecule has 0 saturated carbocycles. The molecule has 0 N–H and O–H groups in total. The maximum Gasteiger partial charge on any atom is 0.153 e. The second kappa shape index (κ2) is 10.1. The number of pyridine rings is 1. The number of rotatable bonds is 5. The molecular formula is C39H26N2O. The highest BCUT2D eigenvalue weighted by atomic mass is 16.3. The molecule has 2 heterocycles. The van der Waals surface area contributed by atoms with Gasteiger partial charge in [-0.2, -0.15) is 0 Å². The normalized spacial score (nSPS) is 11.3. The molecule has 2 aromatic heterocycles. The van der Waals surface area contributed by atoms with Crippen LogP contribution in [0.3, 0.4) is 0 Å². The maximum atomic E-state index is 6.28. The highest BCUT2D eigenvalue weighted by Gasteiger charge is 2.20. The van der Waals surface area contributed by atoms with Crippen LogP contribution in [0.2, 0.25) is 0 Å². The first-order valence-corrected chi connectivity index (χ1v) is 14.1. The van der Waals surface area contributed by atoms with Crippen LogP contribution >= 0.6 is 0 Å². The number of hydrogen-bond donors (Lipinski definition) is 0. The minimum absolute atomic E-state index is 0.778. The van der Waals surface area contributed by atoms with Crippen molar-refractivity contribution in [3.63, 3.8) is 0 Å². The first kappa shape index (κ1) is 24.2. The lowest BCUT2D eigenvalue weighted by molar-refractivity contribution is 0.667. The van der Waals surface area contributed by atoms with Gasteiger partial charge in [0.05, 0.1) is 11.9 Å². The zero-order chi connectivity index (χ0) is 27.9. The fourth-order valence-electron chi connectivity index (χ4n) is 5.84. The van der Waals surface area contributed by atoms with E-state index < -0.39 is 0 Å². The Balaban J connectivity index is 1.34. The van der Waals surface area contributed by atoms with Gasteiger partial charge < -0.3 is 4.42 Å². The summed E-state index contributed by atoms with van der Waals surface area (Å²) in [5, 5.41) is 4.48. The first-order valence-electron chi connectivity index (χ1n) is 14.1. The summed E-state index contributed by atoms with van der Waals surface area (Å²) >= 11 is 0. The third-order valence-corrected chi connectivity index (χ3v) is 7.90. The van der Waals surface area contributed by atoms with E-state index in [0.29, 0.717) is 0 Å². The summed E-state index contributed by atoms with van der Waals surface area (Å²) in [5.41, 5.74) is 8.38. The summed E-state index contributed by atoms with van der Waals surface area (Å²) in [7, 11) is 0. The van der Waals surface area contributed by atoms with Crippen molar-refractivity contribution in [3.8, 4) is 22.3 Å². The summed E-state index contributed by atoms with van der Waals surface area (Å²) in [6.07, 6.45) is 1.85. The molecule has 0 aliphatic rings. The van der Waals surface area contributed by atoms with Crippen LogP contribution in [0, 0.1) is 0 Å². The van der Waals surface area contributed by atoms with Crippen LogP contribution in [0.15, 0.2) is 162 Å². The lowest BCUT2D eigenvalue weighted by atomic mass is 10.0. The van der Waals surface area contributed by atoms with Crippen molar-refractivity contribution in [2.75, 3.05) is 4.90 Å². The van der Waals surface area contributed by atoms with Crippen molar-refractivity contribution in [2.24, 2.45) is 0 Å². The molecule has 0 saturated heterocycles. The standard InChI is InChI=1S/C39H26N2O/c1-3-11-27(12-4-1)28-19-21-32(22-20-28)41(36-18-10-9-17-33(36)29-13-5-2-6-14-29)39-25-35-34-23-30-15-7-8-16-31(30)24-37(34)42-38(35)26-40-39/h1-26H. The minimum atomic E-state index is 0.778. The Morgan fingerprint density at radius 2 is 1.07 bits per heavy atom. The highest BCUT2D eigenvalue weighted by Crippen LogP contribution is 2.42. The highest BCUT2D eigenvalue weighted by molar-refractivity contribution is 6.10. The zero-order valence-corrected chi connectivity index (χ0v) is 22.8. The number of para-hydroxylation sites is 1. The summed E-state index contributed by atoms with van der Waals surface area (Å²) < 4.78 is 6.28. The summed E-state index contributed by atoms with van der Waals surface area (Å²) in [4.78, 5) is 7.22. The van der Waals surface area contributed by atoms with Gasteiger partial charge in [-0.25, -0.2) is 4.98 Å². The van der Waals surface area contributed by atoms with Crippen LogP contribution in [0.1, 0.15) is 0 Å². The Kier molecular flexibility index (Phi) is 5.79. The lowest BCUT2D eigenvalue weighted by Crippen LogP contribution is -2.12. The van der Waals surface area contributed by atoms with E-state index >= 15 is 0 Å². The summed E-state index contributed by atoms with van der Waals surface area (Å²) in [6.45, 7) is 0. The van der Waals surface area contributed by atoms with Crippen LogP contribution in [-0.2, 0) is 0 Å². The van der Waals surface area contributed by atoms with E-state index in [4.69, 9.17) is 9.40 Å². The summed E-state index contributed by atoms with van der Waals surface area (Å²) in [5.74, 6) is 0.828. The molecule has 198 valence electrons. The van der Waals surface area contributed by atoms with Crippen molar-refractivity contribution >= 4 is 49.9 Å². The number of aromatic nitrogens is 1. The smallest absolute Gasteiger partial charge is 0.153 e. The van der Waals surface area contributed by atoms with Crippen LogP contribution in [-0.4, -0.2) is 4.98 Å². The quantitative estimate of drug-likeness (QED) is 0.218. The van der Waals surface area contributed by atoms with Crippen LogP contribution < -0.4 is 4.90 Å². The van der Waals surface area contributed by atoms with E-state index in [2.05, 4.69) is 150 Å². The SMILES string of the molecule is c1ccc(-c2ccc(N(c3cc4c(cn3)oc3cc5ccccc5cc34)c3ccccc3-c3ccccc3)cc2)cc1. The lowest BCUT2D eigenvalue weighted by Gasteiger charge is -2.27. The third-order valence-electron chi connectivity index (χ3n) is 7.90. The van der Waals surface area contributed by atoms with Crippen molar-refractivity contribution < 1.29 is 4.42 Å². The van der Waals surface area contributed by atoms with E-state index in [9.17, 15) is 0 Å². The van der Waals surface area contributed by atoms with Gasteiger partial charge in [0.2, 0.25) is 0 Å². The topological polar surface area (TPSA) is 29.3 Å². The number of anilines is 3. The molecule has 8 aromatic rings. The van der Waals surface area contributed by atoms with Gasteiger partial charge in [0.1, 0.15) is 11.4 Å². The van der Waals surface area contributed by atoms with Gasteiger partial charge in [-0.1, -0.05) is 115 Å². The number of fused-ring (bicyclic) bond motifs is 4. The molecular weight excluding hydrogens is 512 g/mol. The second-order valence-corrected chi connectivity index (χ2v) is 10.5. The average Bonchev–Trinajstić information content (AvgIpc) is 3.42. The van der Waals surface area contributed by atoms with E-state index in [1.807, 2.05) is 12.3 Å². The maximum absolute atomic E-state index is 6.28. The van der Waals surface area contributed by atoms with Gasteiger partial charge in [0.25, 0.3) is 0 Å². The predicted octanol–water partition coefficient (Wildman–Crippen LogP) is 10.9. The molecule has 0 fully saturated rings. The Hall–Kier alpha value is -5.67. The monoisotopic (exact) mass is 538 g/mol. The second-order valence-electron chi connectivity index (χ2n) is 10.5. The molecule has 0 amide bonds. The zero-order valence-electron chi connectivity index (χ0n) is 22.8. The van der Waals surface area contributed by atoms with Gasteiger partial charge in [0.15, 0.2) is 5.58 Å². The number of nitrogens with zero attached hydrogens (tertiary/aromatic N) is 2. The Bertz CT molecular complexity index is 2180. The molecule has 0 aliphatic carbocycles. The molecule has 3 nitrogen and oxygen atoms in total. The van der Waals surface area contributed by atoms with Crippen molar-refractivity contribution in [2.45, 2.75) is 0 Å². The number of benzene rings is 6. The molecule has 0 radical (unpaired) electrons. The van der Waals surface area contributed by atoms with E-state index in [1.54, 1.807) is 0 Å². The molecule has 42 heavy (non-hydrogen) atoms. The van der Waals surface area contributed by atoms with Gasteiger partial charge in [0, 0.05) is 22.0 Å². The van der Waals surface area contributed by atoms with Crippen molar-refractivity contribution in [1.29, 1.82) is 0 Å². The fourth-order valence-corrected chi connectivity index (χ4v) is 5.84. The van der Waals surface area contributed by atoms with Crippen molar-refractivity contribution in [3.05, 3.63) is 158 Å². The molecule has 0 atom stereocenters. The fraction of sp³-hybridized carbons (Fsp3) is 0. The average molecular weight is 539 g/mol. The number of furan rings is 1. The first-order chi connectivity index (χ1) is 20.8. The van der Waals surface area contributed by atoms with E-state index in [1.165, 1.54) is 16.5 Å². The molecule has 0 aliphatic heterocycles. The Morgan fingerprint density at radius 1 is 0.476 bits per heavy atom. The Morgan fingerprint density at radius 3 is 1.83 bits per heavy atom. The van der Waals surface area contributed by atoms with Gasteiger partial charge in [-0.15, -0.1) is 0 Å². The van der Waals surface area contributed by atoms with E-state index in [0.717, 1.165) is 55.6 Å². The molecule has 0 spiro atoms. The summed E-state index contributed by atoms with van der Waals surface area (Å²) in [6, 6.07) is 53.1. The van der Waals surface area contributed by atoms with E-state index in [-0.39, 0.29) is 0 Å². The number of hydrogen-bond acceptors (Lipinski definition) is 3. The molecule has 0 bridgehead atoms. The minimum Gasteiger partial charge on any atom is -0.454 e. The molecule has 6 aromatic carbocycles. The van der Waals surface area contributed by atoms with Crippen LogP contribution in [0.25, 0.3) is 55.0 Å². The largest absolute Gasteiger partial charge is 0.454 e. The van der Waals surface area contributed by atoms with Crippen molar-refractivity contribution in [1.82, 2.24) is 4.98 Å². The molecule has 3 heteroatoms.